The van der Waals surface area contributed by atoms with Crippen LogP contribution in [-0.4, -0.2) is 102 Å². The lowest BCUT2D eigenvalue weighted by Crippen LogP contribution is -2.52. The number of esters is 1. The van der Waals surface area contributed by atoms with Crippen molar-refractivity contribution in [2.45, 2.75) is 117 Å². The van der Waals surface area contributed by atoms with Crippen LogP contribution in [0.4, 0.5) is 5.69 Å². The van der Waals surface area contributed by atoms with Crippen LogP contribution in [0.15, 0.2) is 36.4 Å². The van der Waals surface area contributed by atoms with Crippen LogP contribution in [0.5, 0.6) is 5.75 Å². The number of phenolic OH excluding ortho intramolecular Hbond substituents is 1. The number of likely N-dealkylation sites (tertiary alicyclic amines) is 3. The third-order valence-electron chi connectivity index (χ3n) is 12.5. The van der Waals surface area contributed by atoms with Crippen LogP contribution in [0.3, 0.4) is 0 Å². The number of aromatic hydroxyl groups is 1. The molecular weight excluding hydrogens is 668 g/mol. The molecule has 0 aliphatic carbocycles. The molecule has 4 aliphatic rings. The molecule has 10 nitrogen and oxygen atoms in total. The fraction of sp³-hybridized carbons (Fsp3) is 0.651. The van der Waals surface area contributed by atoms with Crippen molar-refractivity contribution in [3.8, 4) is 5.75 Å². The lowest BCUT2D eigenvalue weighted by Gasteiger charge is -2.43. The van der Waals surface area contributed by atoms with Crippen molar-refractivity contribution in [1.29, 1.82) is 0 Å². The monoisotopic (exact) mass is 730 g/mol. The molecule has 10 heteroatoms. The number of benzene rings is 2. The number of para-hydroxylation sites is 1. The highest BCUT2D eigenvalue weighted by molar-refractivity contribution is 5.94. The van der Waals surface area contributed by atoms with Gasteiger partial charge in [0.2, 0.25) is 5.91 Å². The van der Waals surface area contributed by atoms with E-state index in [4.69, 9.17) is 9.47 Å². The van der Waals surface area contributed by atoms with E-state index in [9.17, 15) is 19.5 Å². The molecule has 4 heterocycles. The molecule has 3 saturated heterocycles. The second-order valence-corrected chi connectivity index (χ2v) is 16.1. The van der Waals surface area contributed by atoms with Gasteiger partial charge in [-0.25, -0.2) is 0 Å². The van der Waals surface area contributed by atoms with Crippen LogP contribution in [0.2, 0.25) is 0 Å². The Labute approximate surface area is 316 Å². The molecule has 2 N–H and O–H groups in total. The molecule has 2 amide bonds. The minimum Gasteiger partial charge on any atom is -0.507 e. The molecule has 2 aromatic rings. The average Bonchev–Trinajstić information content (AvgIpc) is 3.31. The minimum absolute atomic E-state index is 0.0270. The number of piperidine rings is 3. The van der Waals surface area contributed by atoms with Gasteiger partial charge in [0.15, 0.2) is 0 Å². The van der Waals surface area contributed by atoms with E-state index in [2.05, 4.69) is 28.1 Å². The lowest BCUT2D eigenvalue weighted by atomic mass is 9.84. The highest BCUT2D eigenvalue weighted by Gasteiger charge is 2.36. The van der Waals surface area contributed by atoms with Gasteiger partial charge in [-0.3, -0.25) is 19.3 Å². The second kappa shape index (κ2) is 18.2. The fourth-order valence-electron chi connectivity index (χ4n) is 9.26. The molecule has 53 heavy (non-hydrogen) atoms. The number of phenols is 1. The average molecular weight is 731 g/mol. The quantitative estimate of drug-likeness (QED) is 0.247. The van der Waals surface area contributed by atoms with Gasteiger partial charge in [0.1, 0.15) is 18.1 Å². The van der Waals surface area contributed by atoms with Crippen molar-refractivity contribution in [3.05, 3.63) is 58.7 Å². The molecule has 6 rings (SSSR count). The van der Waals surface area contributed by atoms with Gasteiger partial charge in [0, 0.05) is 56.7 Å². The van der Waals surface area contributed by atoms with E-state index in [1.807, 2.05) is 56.0 Å². The Morgan fingerprint density at radius 2 is 1.57 bits per heavy atom. The van der Waals surface area contributed by atoms with Crippen molar-refractivity contribution in [2.75, 3.05) is 51.2 Å². The first kappa shape index (κ1) is 39.2. The minimum atomic E-state index is -0.627. The second-order valence-electron chi connectivity index (χ2n) is 16.1. The van der Waals surface area contributed by atoms with Crippen molar-refractivity contribution in [2.24, 2.45) is 17.8 Å². The van der Waals surface area contributed by atoms with Gasteiger partial charge in [-0.15, -0.1) is 0 Å². The van der Waals surface area contributed by atoms with Gasteiger partial charge in [0.25, 0.3) is 5.91 Å². The third kappa shape index (κ3) is 10.2. The number of aryl methyl sites for hydroxylation is 3. The van der Waals surface area contributed by atoms with Crippen LogP contribution in [-0.2, 0) is 36.7 Å². The first-order valence-electron chi connectivity index (χ1n) is 20.3. The maximum absolute atomic E-state index is 14.3. The predicted molar refractivity (Wildman–Crippen MR) is 207 cm³/mol. The molecule has 0 spiro atoms. The van der Waals surface area contributed by atoms with Gasteiger partial charge < -0.3 is 29.7 Å². The predicted octanol–water partition coefficient (Wildman–Crippen LogP) is 6.24. The van der Waals surface area contributed by atoms with Gasteiger partial charge >= 0.3 is 5.97 Å². The zero-order chi connectivity index (χ0) is 37.5. The number of nitrogens with zero attached hydrogens (tertiary/aromatic N) is 3. The molecule has 0 bridgehead atoms. The highest BCUT2D eigenvalue weighted by Crippen LogP contribution is 2.33. The normalized spacial score (nSPS) is 22.5. The Bertz CT molecular complexity index is 1530. The number of fused-ring (bicyclic) bond motifs is 1. The van der Waals surface area contributed by atoms with E-state index in [-0.39, 0.29) is 29.9 Å². The summed E-state index contributed by atoms with van der Waals surface area (Å²) >= 11 is 0. The summed E-state index contributed by atoms with van der Waals surface area (Å²) in [7, 11) is 0. The Morgan fingerprint density at radius 3 is 2.25 bits per heavy atom. The van der Waals surface area contributed by atoms with Crippen molar-refractivity contribution >= 4 is 23.5 Å². The first-order valence-corrected chi connectivity index (χ1v) is 20.3. The molecule has 3 fully saturated rings. The topological polar surface area (TPSA) is 112 Å². The summed E-state index contributed by atoms with van der Waals surface area (Å²) in [5, 5.41) is 13.6. The lowest BCUT2D eigenvalue weighted by molar-refractivity contribution is -0.158. The van der Waals surface area contributed by atoms with Crippen molar-refractivity contribution < 1.29 is 29.0 Å². The van der Waals surface area contributed by atoms with Crippen LogP contribution in [0, 0.1) is 31.6 Å². The van der Waals surface area contributed by atoms with E-state index in [1.54, 1.807) is 0 Å². The van der Waals surface area contributed by atoms with Crippen LogP contribution in [0.25, 0.3) is 0 Å². The molecule has 2 unspecified atom stereocenters. The van der Waals surface area contributed by atoms with Gasteiger partial charge in [-0.1, -0.05) is 30.3 Å². The van der Waals surface area contributed by atoms with E-state index in [1.165, 1.54) is 5.56 Å². The number of anilines is 1. The summed E-state index contributed by atoms with van der Waals surface area (Å²) in [6, 6.07) is 12.5. The van der Waals surface area contributed by atoms with Gasteiger partial charge in [-0.2, -0.15) is 0 Å². The first-order chi connectivity index (χ1) is 25.6. The van der Waals surface area contributed by atoms with E-state index < -0.39 is 6.10 Å². The molecule has 0 saturated carbocycles. The molecule has 2 aromatic carbocycles. The number of hydrogen-bond acceptors (Lipinski definition) is 8. The fourth-order valence-corrected chi connectivity index (χ4v) is 9.26. The van der Waals surface area contributed by atoms with E-state index in [0.29, 0.717) is 56.2 Å². The van der Waals surface area contributed by atoms with Gasteiger partial charge in [-0.05, 0) is 139 Å². The summed E-state index contributed by atoms with van der Waals surface area (Å²) in [5.41, 5.74) is 4.78. The number of carbonyl (C=O) groups is 3. The number of hydrogen-bond donors (Lipinski definition) is 2. The highest BCUT2D eigenvalue weighted by atomic mass is 16.5. The number of nitrogens with one attached hydrogen (secondary N) is 1. The zero-order valence-corrected chi connectivity index (χ0v) is 32.5. The standard InChI is InChI=1S/C43H62N4O6/c1-5-52-40(48)28-33-14-20-46(21-15-33)37-16-22-47(23-17-37)43(51)39(27-34-24-29(2)41(49)30(3)25-34)53-31(4)45-18-12-32(13-19-45)26-36-11-10-35-8-6-7-9-38(35)44-42(36)50/h6-9,24-25,31-33,36-37,39,49H,5,10-23,26-28H2,1-4H3,(H,44,50)/t31?,36?,39-/m1/s1. The zero-order valence-electron chi connectivity index (χ0n) is 32.5. The maximum atomic E-state index is 14.3. The third-order valence-corrected chi connectivity index (χ3v) is 12.5. The summed E-state index contributed by atoms with van der Waals surface area (Å²) in [6.07, 6.45) is 8.74. The van der Waals surface area contributed by atoms with E-state index >= 15 is 0 Å². The number of carbonyl (C=O) groups excluding carboxylic acids is 3. The molecule has 0 radical (unpaired) electrons. The van der Waals surface area contributed by atoms with Crippen molar-refractivity contribution in [3.63, 3.8) is 0 Å². The van der Waals surface area contributed by atoms with Crippen LogP contribution >= 0.6 is 0 Å². The Hall–Kier alpha value is -3.47. The summed E-state index contributed by atoms with van der Waals surface area (Å²) in [4.78, 5) is 46.3. The van der Waals surface area contributed by atoms with Crippen molar-refractivity contribution in [1.82, 2.24) is 14.7 Å². The molecule has 290 valence electrons. The molecule has 0 aromatic heterocycles. The summed E-state index contributed by atoms with van der Waals surface area (Å²) in [6.45, 7) is 13.3. The number of ether oxygens (including phenoxy) is 2. The summed E-state index contributed by atoms with van der Waals surface area (Å²) in [5.74, 6) is 1.31. The number of amides is 2. The number of rotatable bonds is 12. The SMILES string of the molecule is CCOC(=O)CC1CCN(C2CCN(C(=O)[C@@H](Cc3cc(C)c(O)c(C)c3)OC(C)N3CCC(CC4CCc5ccccc5NC4=O)CC3)CC2)CC1. The maximum Gasteiger partial charge on any atom is 0.306 e. The molecule has 4 aliphatic heterocycles. The molecular formula is C43H62N4O6. The summed E-state index contributed by atoms with van der Waals surface area (Å²) < 4.78 is 11.9. The van der Waals surface area contributed by atoms with Crippen LogP contribution < -0.4 is 5.32 Å². The Morgan fingerprint density at radius 1 is 0.906 bits per heavy atom. The van der Waals surface area contributed by atoms with Gasteiger partial charge in [0.05, 0.1) is 6.61 Å². The Kier molecular flexibility index (Phi) is 13.5. The molecule has 3 atom stereocenters. The largest absolute Gasteiger partial charge is 0.507 e. The smallest absolute Gasteiger partial charge is 0.306 e. The Balaban J connectivity index is 1.02. The van der Waals surface area contributed by atoms with E-state index in [0.717, 1.165) is 106 Å². The van der Waals surface area contributed by atoms with Crippen LogP contribution in [0.1, 0.15) is 93.9 Å².